The molecule has 0 aliphatic carbocycles. The maximum absolute atomic E-state index is 12.6. The number of anilines is 1. The van der Waals surface area contributed by atoms with Gasteiger partial charge in [0.1, 0.15) is 17.6 Å². The highest BCUT2D eigenvalue weighted by atomic mass is 16.3. The predicted octanol–water partition coefficient (Wildman–Crippen LogP) is 2.42. The maximum atomic E-state index is 12.6. The Kier molecular flexibility index (Phi) is 4.80. The molecule has 0 N–H and O–H groups in total. The first-order chi connectivity index (χ1) is 11.7. The highest BCUT2D eigenvalue weighted by molar-refractivity contribution is 5.78. The summed E-state index contributed by atoms with van der Waals surface area (Å²) in [6.45, 7) is 2.09. The number of pyridine rings is 1. The molecule has 1 fully saturated rings. The van der Waals surface area contributed by atoms with Crippen molar-refractivity contribution < 1.29 is 9.21 Å². The molecule has 1 aliphatic heterocycles. The summed E-state index contributed by atoms with van der Waals surface area (Å²) in [5.41, 5.74) is 0.559. The van der Waals surface area contributed by atoms with Crippen LogP contribution in [0.4, 0.5) is 5.82 Å². The van der Waals surface area contributed by atoms with Crippen LogP contribution in [0.25, 0.3) is 0 Å². The lowest BCUT2D eigenvalue weighted by Gasteiger charge is -2.33. The van der Waals surface area contributed by atoms with E-state index in [9.17, 15) is 4.79 Å². The lowest BCUT2D eigenvalue weighted by atomic mass is 9.95. The molecular formula is C18H20N4O2. The van der Waals surface area contributed by atoms with E-state index >= 15 is 0 Å². The van der Waals surface area contributed by atoms with E-state index in [2.05, 4.69) is 16.0 Å². The fraction of sp³-hybridized carbons (Fsp3) is 0.389. The van der Waals surface area contributed by atoms with Gasteiger partial charge in [0, 0.05) is 32.3 Å². The van der Waals surface area contributed by atoms with Crippen LogP contribution in [-0.4, -0.2) is 35.9 Å². The van der Waals surface area contributed by atoms with Gasteiger partial charge in [-0.3, -0.25) is 4.79 Å². The molecule has 0 aromatic carbocycles. The van der Waals surface area contributed by atoms with Gasteiger partial charge in [-0.25, -0.2) is 4.98 Å². The Bertz CT molecular complexity index is 710. The van der Waals surface area contributed by atoms with E-state index in [1.807, 2.05) is 25.2 Å². The minimum absolute atomic E-state index is 0.0413. The number of amides is 1. The van der Waals surface area contributed by atoms with Crippen molar-refractivity contribution in [3.05, 3.63) is 48.0 Å². The van der Waals surface area contributed by atoms with E-state index in [-0.39, 0.29) is 11.8 Å². The van der Waals surface area contributed by atoms with Crippen molar-refractivity contribution >= 4 is 11.7 Å². The third-order valence-corrected chi connectivity index (χ3v) is 4.39. The zero-order chi connectivity index (χ0) is 16.9. The highest BCUT2D eigenvalue weighted by Crippen LogP contribution is 2.23. The van der Waals surface area contributed by atoms with Crippen LogP contribution in [0.2, 0.25) is 0 Å². The minimum Gasteiger partial charge on any atom is -0.467 e. The van der Waals surface area contributed by atoms with Gasteiger partial charge < -0.3 is 14.2 Å². The lowest BCUT2D eigenvalue weighted by Crippen LogP contribution is -2.41. The lowest BCUT2D eigenvalue weighted by molar-refractivity contribution is -0.135. The van der Waals surface area contributed by atoms with Gasteiger partial charge in [-0.15, -0.1) is 0 Å². The molecular weight excluding hydrogens is 304 g/mol. The van der Waals surface area contributed by atoms with E-state index in [4.69, 9.17) is 9.68 Å². The van der Waals surface area contributed by atoms with Gasteiger partial charge in [0.15, 0.2) is 0 Å². The normalized spacial score (nSPS) is 15.1. The molecule has 2 aromatic heterocycles. The fourth-order valence-corrected chi connectivity index (χ4v) is 3.02. The number of nitriles is 1. The SMILES string of the molecule is CN(Cc1ccco1)C(=O)C1CCN(c2ccc(C#N)cn2)CC1. The number of carbonyl (C=O) groups is 1. The van der Waals surface area contributed by atoms with Crippen LogP contribution < -0.4 is 4.90 Å². The van der Waals surface area contributed by atoms with Crippen molar-refractivity contribution in [2.75, 3.05) is 25.0 Å². The zero-order valence-electron chi connectivity index (χ0n) is 13.7. The zero-order valence-corrected chi connectivity index (χ0v) is 13.7. The molecule has 3 heterocycles. The van der Waals surface area contributed by atoms with Crippen LogP contribution in [0.5, 0.6) is 0 Å². The predicted molar refractivity (Wildman–Crippen MR) is 89.1 cm³/mol. The second kappa shape index (κ2) is 7.18. The third-order valence-electron chi connectivity index (χ3n) is 4.39. The number of rotatable bonds is 4. The molecule has 1 amide bonds. The van der Waals surface area contributed by atoms with Gasteiger partial charge in [-0.1, -0.05) is 0 Å². The molecule has 24 heavy (non-hydrogen) atoms. The minimum atomic E-state index is 0.0413. The molecule has 2 aromatic rings. The van der Waals surface area contributed by atoms with E-state index in [1.165, 1.54) is 0 Å². The quantitative estimate of drug-likeness (QED) is 0.863. The Labute approximate surface area is 141 Å². The van der Waals surface area contributed by atoms with Crippen LogP contribution >= 0.6 is 0 Å². The monoisotopic (exact) mass is 324 g/mol. The highest BCUT2D eigenvalue weighted by Gasteiger charge is 2.28. The molecule has 1 saturated heterocycles. The summed E-state index contributed by atoms with van der Waals surface area (Å²) in [6, 6.07) is 9.42. The summed E-state index contributed by atoms with van der Waals surface area (Å²) >= 11 is 0. The maximum Gasteiger partial charge on any atom is 0.225 e. The molecule has 6 nitrogen and oxygen atoms in total. The second-order valence-corrected chi connectivity index (χ2v) is 6.05. The Morgan fingerprint density at radius 3 is 2.79 bits per heavy atom. The van der Waals surface area contributed by atoms with Gasteiger partial charge in [0.05, 0.1) is 18.4 Å². The Hall–Kier alpha value is -2.81. The summed E-state index contributed by atoms with van der Waals surface area (Å²) in [4.78, 5) is 20.8. The molecule has 0 unspecified atom stereocenters. The van der Waals surface area contributed by atoms with Crippen LogP contribution in [0.3, 0.4) is 0 Å². The topological polar surface area (TPSA) is 73.4 Å². The van der Waals surface area contributed by atoms with Gasteiger partial charge in [-0.2, -0.15) is 5.26 Å². The molecule has 3 rings (SSSR count). The van der Waals surface area contributed by atoms with Crippen molar-refractivity contribution in [2.24, 2.45) is 5.92 Å². The summed E-state index contributed by atoms with van der Waals surface area (Å²) in [6.07, 6.45) is 4.83. The molecule has 0 atom stereocenters. The number of nitrogens with zero attached hydrogens (tertiary/aromatic N) is 4. The first-order valence-electron chi connectivity index (χ1n) is 8.06. The molecule has 0 saturated carbocycles. The Morgan fingerprint density at radius 1 is 1.42 bits per heavy atom. The average Bonchev–Trinajstić information content (AvgIpc) is 3.14. The smallest absolute Gasteiger partial charge is 0.225 e. The molecule has 0 bridgehead atoms. The largest absolute Gasteiger partial charge is 0.467 e. The number of carbonyl (C=O) groups excluding carboxylic acids is 1. The number of hydrogen-bond acceptors (Lipinski definition) is 5. The summed E-state index contributed by atoms with van der Waals surface area (Å²) in [5, 5.41) is 8.83. The van der Waals surface area contributed by atoms with Crippen molar-refractivity contribution in [2.45, 2.75) is 19.4 Å². The molecule has 0 radical (unpaired) electrons. The van der Waals surface area contributed by atoms with Crippen LogP contribution in [0.1, 0.15) is 24.2 Å². The van der Waals surface area contributed by atoms with Crippen molar-refractivity contribution in [3.63, 3.8) is 0 Å². The Morgan fingerprint density at radius 2 is 2.21 bits per heavy atom. The van der Waals surface area contributed by atoms with E-state index < -0.39 is 0 Å². The van der Waals surface area contributed by atoms with E-state index in [1.54, 1.807) is 23.4 Å². The Balaban J connectivity index is 1.54. The molecule has 1 aliphatic rings. The van der Waals surface area contributed by atoms with E-state index in [0.29, 0.717) is 12.1 Å². The molecule has 124 valence electrons. The van der Waals surface area contributed by atoms with Crippen LogP contribution in [-0.2, 0) is 11.3 Å². The first-order valence-corrected chi connectivity index (χ1v) is 8.06. The van der Waals surface area contributed by atoms with Gasteiger partial charge in [0.2, 0.25) is 5.91 Å². The van der Waals surface area contributed by atoms with Crippen LogP contribution in [0.15, 0.2) is 41.1 Å². The van der Waals surface area contributed by atoms with Gasteiger partial charge in [0.25, 0.3) is 0 Å². The van der Waals surface area contributed by atoms with Gasteiger partial charge in [-0.05, 0) is 37.1 Å². The summed E-state index contributed by atoms with van der Waals surface area (Å²) in [7, 11) is 1.82. The second-order valence-electron chi connectivity index (χ2n) is 6.05. The summed E-state index contributed by atoms with van der Waals surface area (Å²) in [5.74, 6) is 1.87. The third kappa shape index (κ3) is 3.57. The van der Waals surface area contributed by atoms with Crippen molar-refractivity contribution in [1.29, 1.82) is 5.26 Å². The summed E-state index contributed by atoms with van der Waals surface area (Å²) < 4.78 is 5.30. The van der Waals surface area contributed by atoms with Crippen molar-refractivity contribution in [1.82, 2.24) is 9.88 Å². The number of furan rings is 1. The van der Waals surface area contributed by atoms with Crippen LogP contribution in [0, 0.1) is 17.2 Å². The number of piperidine rings is 1. The standard InChI is InChI=1S/C18H20N4O2/c1-21(13-16-3-2-10-24-16)18(23)15-6-8-22(9-7-15)17-5-4-14(11-19)12-20-17/h2-5,10,12,15H,6-9,13H2,1H3. The number of aromatic nitrogens is 1. The van der Waals surface area contributed by atoms with E-state index in [0.717, 1.165) is 37.5 Å². The fourth-order valence-electron chi connectivity index (χ4n) is 3.02. The number of hydrogen-bond donors (Lipinski definition) is 0. The molecule has 6 heteroatoms. The average molecular weight is 324 g/mol. The molecule has 0 spiro atoms. The first kappa shape index (κ1) is 16.1. The van der Waals surface area contributed by atoms with Gasteiger partial charge >= 0.3 is 0 Å². The van der Waals surface area contributed by atoms with Crippen molar-refractivity contribution in [3.8, 4) is 6.07 Å².